The molecule has 0 spiro atoms. The summed E-state index contributed by atoms with van der Waals surface area (Å²) in [5.74, 6) is 0.367. The minimum absolute atomic E-state index is 0.0220. The molecule has 1 fully saturated rings. The molecule has 0 aromatic carbocycles. The van der Waals surface area contributed by atoms with Gasteiger partial charge in [0, 0.05) is 0 Å². The number of rotatable bonds is 1. The molecule has 4 unspecified atom stereocenters. The summed E-state index contributed by atoms with van der Waals surface area (Å²) in [7, 11) is 0. The molecule has 0 aliphatic carbocycles. The summed E-state index contributed by atoms with van der Waals surface area (Å²) in [6.45, 7) is 10.8. The van der Waals surface area contributed by atoms with Crippen LogP contribution in [0.5, 0.6) is 0 Å². The smallest absolute Gasteiger partial charge is 0.0845 e. The number of hydrogen-bond acceptors (Lipinski definition) is 2. The first-order valence-electron chi connectivity index (χ1n) is 5.63. The van der Waals surface area contributed by atoms with Crippen molar-refractivity contribution in [3.63, 3.8) is 0 Å². The molecule has 84 valence electrons. The van der Waals surface area contributed by atoms with E-state index in [1.165, 1.54) is 0 Å². The van der Waals surface area contributed by atoms with Crippen molar-refractivity contribution < 1.29 is 9.84 Å². The second-order valence-corrected chi connectivity index (χ2v) is 5.95. The van der Waals surface area contributed by atoms with E-state index in [9.17, 15) is 5.11 Å². The topological polar surface area (TPSA) is 29.5 Å². The summed E-state index contributed by atoms with van der Waals surface area (Å²) in [6.07, 6.45) is 1.94. The van der Waals surface area contributed by atoms with Gasteiger partial charge in [-0.25, -0.2) is 0 Å². The fraction of sp³-hybridized carbons (Fsp3) is 1.00. The Morgan fingerprint density at radius 3 is 2.36 bits per heavy atom. The molecule has 0 aromatic rings. The van der Waals surface area contributed by atoms with Gasteiger partial charge in [0.05, 0.1) is 18.3 Å². The van der Waals surface area contributed by atoms with Gasteiger partial charge in [-0.2, -0.15) is 0 Å². The molecule has 1 N–H and O–H groups in total. The zero-order valence-electron chi connectivity index (χ0n) is 10.1. The van der Waals surface area contributed by atoms with Gasteiger partial charge in [0.15, 0.2) is 0 Å². The lowest BCUT2D eigenvalue weighted by molar-refractivity contribution is -0.146. The van der Waals surface area contributed by atoms with Gasteiger partial charge in [-0.05, 0) is 31.1 Å². The van der Waals surface area contributed by atoms with E-state index in [-0.39, 0.29) is 17.6 Å². The molecule has 1 aliphatic rings. The van der Waals surface area contributed by atoms with Crippen LogP contribution in [0.2, 0.25) is 0 Å². The molecule has 2 nitrogen and oxygen atoms in total. The Bertz CT molecular complexity index is 183. The third kappa shape index (κ3) is 3.25. The Morgan fingerprint density at radius 1 is 1.29 bits per heavy atom. The fourth-order valence-corrected chi connectivity index (χ4v) is 2.24. The predicted molar refractivity (Wildman–Crippen MR) is 58.2 cm³/mol. The Hall–Kier alpha value is -0.0800. The summed E-state index contributed by atoms with van der Waals surface area (Å²) >= 11 is 0. The van der Waals surface area contributed by atoms with Crippen LogP contribution in [0.25, 0.3) is 0 Å². The van der Waals surface area contributed by atoms with Crippen LogP contribution in [0, 0.1) is 11.3 Å². The molecular formula is C12H24O2. The van der Waals surface area contributed by atoms with Crippen LogP contribution in [-0.4, -0.2) is 23.4 Å². The van der Waals surface area contributed by atoms with E-state index >= 15 is 0 Å². The first-order valence-corrected chi connectivity index (χ1v) is 5.63. The Labute approximate surface area is 87.7 Å². The van der Waals surface area contributed by atoms with Crippen molar-refractivity contribution in [3.05, 3.63) is 0 Å². The summed E-state index contributed by atoms with van der Waals surface area (Å²) in [6, 6.07) is 0. The van der Waals surface area contributed by atoms with Crippen LogP contribution in [0.15, 0.2) is 0 Å². The van der Waals surface area contributed by atoms with Gasteiger partial charge in [-0.15, -0.1) is 0 Å². The number of aliphatic hydroxyl groups excluding tert-OH is 1. The van der Waals surface area contributed by atoms with E-state index in [2.05, 4.69) is 34.6 Å². The molecule has 2 heteroatoms. The van der Waals surface area contributed by atoms with Crippen molar-refractivity contribution in [1.82, 2.24) is 0 Å². The third-order valence-electron chi connectivity index (χ3n) is 2.89. The van der Waals surface area contributed by atoms with Crippen LogP contribution >= 0.6 is 0 Å². The highest BCUT2D eigenvalue weighted by Gasteiger charge is 2.35. The van der Waals surface area contributed by atoms with Crippen molar-refractivity contribution in [1.29, 1.82) is 0 Å². The highest BCUT2D eigenvalue weighted by atomic mass is 16.5. The molecule has 4 atom stereocenters. The van der Waals surface area contributed by atoms with Crippen LogP contribution in [-0.2, 0) is 4.74 Å². The summed E-state index contributed by atoms with van der Waals surface area (Å²) in [4.78, 5) is 0. The van der Waals surface area contributed by atoms with Crippen molar-refractivity contribution in [2.45, 2.75) is 65.8 Å². The zero-order valence-corrected chi connectivity index (χ0v) is 10.1. The van der Waals surface area contributed by atoms with Crippen molar-refractivity contribution in [2.24, 2.45) is 11.3 Å². The molecule has 1 heterocycles. The molecule has 0 radical (unpaired) electrons. The van der Waals surface area contributed by atoms with E-state index in [4.69, 9.17) is 4.74 Å². The minimum atomic E-state index is -0.287. The lowest BCUT2D eigenvalue weighted by atomic mass is 9.82. The highest BCUT2D eigenvalue weighted by Crippen LogP contribution is 2.32. The van der Waals surface area contributed by atoms with E-state index in [0.717, 1.165) is 12.8 Å². The maximum atomic E-state index is 9.99. The number of aliphatic hydroxyl groups is 1. The van der Waals surface area contributed by atoms with Gasteiger partial charge >= 0.3 is 0 Å². The number of hydrogen-bond donors (Lipinski definition) is 1. The molecular weight excluding hydrogens is 176 g/mol. The van der Waals surface area contributed by atoms with Gasteiger partial charge in [0.2, 0.25) is 0 Å². The largest absolute Gasteiger partial charge is 0.390 e. The van der Waals surface area contributed by atoms with Crippen LogP contribution in [0.3, 0.4) is 0 Å². The maximum absolute atomic E-state index is 9.99. The maximum Gasteiger partial charge on any atom is 0.0845 e. The lowest BCUT2D eigenvalue weighted by Crippen LogP contribution is -2.44. The van der Waals surface area contributed by atoms with Gasteiger partial charge in [0.25, 0.3) is 0 Å². The Balaban J connectivity index is 2.58. The van der Waals surface area contributed by atoms with Crippen molar-refractivity contribution >= 4 is 0 Å². The molecule has 0 saturated carbocycles. The van der Waals surface area contributed by atoms with E-state index in [1.807, 2.05) is 0 Å². The highest BCUT2D eigenvalue weighted by molar-refractivity contribution is 4.84. The van der Waals surface area contributed by atoms with Gasteiger partial charge in [0.1, 0.15) is 0 Å². The molecule has 1 rings (SSSR count). The molecule has 1 aliphatic heterocycles. The molecule has 0 bridgehead atoms. The van der Waals surface area contributed by atoms with E-state index in [0.29, 0.717) is 12.0 Å². The SMILES string of the molecule is CC1CC(C)C(O)C(CC(C)(C)C)O1. The molecule has 14 heavy (non-hydrogen) atoms. The summed E-state index contributed by atoms with van der Waals surface area (Å²) < 4.78 is 5.79. The average molecular weight is 200 g/mol. The second-order valence-electron chi connectivity index (χ2n) is 5.95. The molecule has 0 aromatic heterocycles. The van der Waals surface area contributed by atoms with E-state index in [1.54, 1.807) is 0 Å². The fourth-order valence-electron chi connectivity index (χ4n) is 2.24. The molecule has 1 saturated heterocycles. The van der Waals surface area contributed by atoms with E-state index < -0.39 is 0 Å². The van der Waals surface area contributed by atoms with Crippen LogP contribution in [0.1, 0.15) is 47.5 Å². The van der Waals surface area contributed by atoms with Gasteiger partial charge in [-0.3, -0.25) is 0 Å². The average Bonchev–Trinajstić information content (AvgIpc) is 1.96. The predicted octanol–water partition coefficient (Wildman–Crippen LogP) is 2.60. The van der Waals surface area contributed by atoms with Gasteiger partial charge in [-0.1, -0.05) is 27.7 Å². The standard InChI is InChI=1S/C12H24O2/c1-8-6-9(2)14-10(11(8)13)7-12(3,4)5/h8-11,13H,6-7H2,1-5H3. The van der Waals surface area contributed by atoms with Crippen molar-refractivity contribution in [3.8, 4) is 0 Å². The lowest BCUT2D eigenvalue weighted by Gasteiger charge is -2.39. The van der Waals surface area contributed by atoms with Gasteiger partial charge < -0.3 is 9.84 Å². The first kappa shape index (κ1) is 12.0. The third-order valence-corrected chi connectivity index (χ3v) is 2.89. The second kappa shape index (κ2) is 4.19. The Morgan fingerprint density at radius 2 is 1.86 bits per heavy atom. The van der Waals surface area contributed by atoms with Crippen LogP contribution < -0.4 is 0 Å². The quantitative estimate of drug-likeness (QED) is 0.705. The minimum Gasteiger partial charge on any atom is -0.390 e. The van der Waals surface area contributed by atoms with Crippen LogP contribution in [0.4, 0.5) is 0 Å². The number of ether oxygens (including phenoxy) is 1. The summed E-state index contributed by atoms with van der Waals surface area (Å²) in [5, 5.41) is 9.99. The summed E-state index contributed by atoms with van der Waals surface area (Å²) in [5.41, 5.74) is 0.225. The Kier molecular flexibility index (Phi) is 3.59. The normalized spacial score (nSPS) is 39.9. The monoisotopic (exact) mass is 200 g/mol. The zero-order chi connectivity index (χ0) is 10.9. The van der Waals surface area contributed by atoms with Crippen molar-refractivity contribution in [2.75, 3.05) is 0 Å². The first-order chi connectivity index (χ1) is 6.29. The molecule has 0 amide bonds.